The number of hydrogen-bond donors (Lipinski definition) is 2. The molecule has 3 heterocycles. The topological polar surface area (TPSA) is 72.9 Å². The van der Waals surface area contributed by atoms with Gasteiger partial charge in [0.1, 0.15) is 23.6 Å². The Bertz CT molecular complexity index is 670. The summed E-state index contributed by atoms with van der Waals surface area (Å²) in [6.07, 6.45) is -3.21. The van der Waals surface area contributed by atoms with Gasteiger partial charge in [0.2, 0.25) is 0 Å². The Morgan fingerprint density at radius 3 is 2.44 bits per heavy atom. The maximum absolute atomic E-state index is 15.7. The molecule has 9 heteroatoms. The molecule has 0 amide bonds. The van der Waals surface area contributed by atoms with Crippen LogP contribution in [0.15, 0.2) is 11.6 Å². The number of alkyl halides is 2. The highest BCUT2D eigenvalue weighted by Gasteiger charge is 2.63. The summed E-state index contributed by atoms with van der Waals surface area (Å²) in [6.45, 7) is 8.92. The van der Waals surface area contributed by atoms with Crippen LogP contribution in [0.4, 0.5) is 8.78 Å². The molecule has 0 bridgehead atoms. The van der Waals surface area contributed by atoms with E-state index in [1.807, 2.05) is 18.7 Å². The average molecular weight is 401 g/mol. The number of carboxylic acid groups (broad SMARTS) is 1. The van der Waals surface area contributed by atoms with E-state index >= 15 is 8.78 Å². The number of piperazine rings is 1. The van der Waals surface area contributed by atoms with Crippen molar-refractivity contribution in [3.8, 4) is 0 Å². The van der Waals surface area contributed by atoms with Gasteiger partial charge in [0, 0.05) is 31.1 Å². The second-order valence-electron chi connectivity index (χ2n) is 8.23. The number of aliphatic carboxylic acids is 1. The zero-order valence-electron chi connectivity index (χ0n) is 15.3. The molecule has 6 nitrogen and oxygen atoms in total. The molecule has 2 N–H and O–H groups in total. The van der Waals surface area contributed by atoms with Crippen LogP contribution in [-0.4, -0.2) is 81.6 Å². The molecule has 0 aromatic rings. The molecule has 0 spiro atoms. The molecule has 9 atom stereocenters. The number of nitrogens with zero attached hydrogens (tertiary/aromatic N) is 2. The van der Waals surface area contributed by atoms with Crippen LogP contribution in [0.3, 0.4) is 0 Å². The molecule has 0 aromatic heterocycles. The van der Waals surface area contributed by atoms with E-state index in [1.54, 1.807) is 4.90 Å². The number of ketones is 1. The molecule has 27 heavy (non-hydrogen) atoms. The Balaban J connectivity index is 1.64. The van der Waals surface area contributed by atoms with Crippen LogP contribution in [0.1, 0.15) is 20.3 Å². The van der Waals surface area contributed by atoms with Gasteiger partial charge in [0.25, 0.3) is 0 Å². The fraction of sp³-hybridized carbons (Fsp3) is 0.778. The highest BCUT2D eigenvalue weighted by molar-refractivity contribution is 8.05. The Labute approximate surface area is 161 Å². The van der Waals surface area contributed by atoms with Crippen LogP contribution >= 0.6 is 11.8 Å². The number of carbonyl (C=O) groups excluding carboxylic acids is 1. The summed E-state index contributed by atoms with van der Waals surface area (Å²) in [5.74, 6) is -3.97. The largest absolute Gasteiger partial charge is 0.481 e. The van der Waals surface area contributed by atoms with Crippen molar-refractivity contribution in [2.24, 2.45) is 11.8 Å². The van der Waals surface area contributed by atoms with Crippen molar-refractivity contribution in [1.82, 2.24) is 15.1 Å². The molecular weight excluding hydrogens is 376 g/mol. The lowest BCUT2D eigenvalue weighted by Gasteiger charge is -2.60. The number of halogens is 2. The van der Waals surface area contributed by atoms with Gasteiger partial charge in [-0.3, -0.25) is 14.5 Å². The summed E-state index contributed by atoms with van der Waals surface area (Å²) in [4.78, 5) is 27.8. The van der Waals surface area contributed by atoms with E-state index in [-0.39, 0.29) is 18.5 Å². The Hall–Kier alpha value is -1.19. The fourth-order valence-electron chi connectivity index (χ4n) is 5.35. The van der Waals surface area contributed by atoms with Gasteiger partial charge in [-0.2, -0.15) is 0 Å². The van der Waals surface area contributed by atoms with E-state index in [2.05, 4.69) is 11.9 Å². The maximum atomic E-state index is 15.7. The molecule has 4 aliphatic rings. The standard InChI is InChI=1S/C18H25F2N3O3S/c1-7-5-22(6-8(2)21-7)15-11(19)4-10-14(13(15)20)23-9(3)27-17(23)12(16(10)24)18(25)26/h7-8,10-15,17,21H,3-6H2,1-2H3,(H,25,26). The number of rotatable bonds is 2. The number of carbonyl (C=O) groups is 2. The van der Waals surface area contributed by atoms with E-state index < -0.39 is 53.4 Å². The SMILES string of the molecule is C=C1SC2C(C(=O)O)C(=O)C3CC(F)C(N4CC(C)NC(C)C4)C(F)C3N12. The van der Waals surface area contributed by atoms with Crippen molar-refractivity contribution in [3.05, 3.63) is 11.6 Å². The van der Waals surface area contributed by atoms with E-state index in [0.29, 0.717) is 18.1 Å². The van der Waals surface area contributed by atoms with Crippen LogP contribution in [0, 0.1) is 11.8 Å². The quantitative estimate of drug-likeness (QED) is 0.675. The van der Waals surface area contributed by atoms with E-state index in [4.69, 9.17) is 0 Å². The smallest absolute Gasteiger partial charge is 0.317 e. The van der Waals surface area contributed by atoms with E-state index in [0.717, 1.165) is 0 Å². The summed E-state index contributed by atoms with van der Waals surface area (Å²) < 4.78 is 30.8. The van der Waals surface area contributed by atoms with Crippen LogP contribution in [0.2, 0.25) is 0 Å². The molecule has 1 saturated carbocycles. The summed E-state index contributed by atoms with van der Waals surface area (Å²) in [6, 6.07) is -1.51. The Kier molecular flexibility index (Phi) is 4.75. The number of thioether (sulfide) groups is 1. The molecule has 3 saturated heterocycles. The van der Waals surface area contributed by atoms with Crippen molar-refractivity contribution in [1.29, 1.82) is 0 Å². The first-order chi connectivity index (χ1) is 12.7. The summed E-state index contributed by atoms with van der Waals surface area (Å²) in [5, 5.41) is 12.7. The lowest BCUT2D eigenvalue weighted by molar-refractivity contribution is -0.161. The third kappa shape index (κ3) is 2.89. The predicted octanol–water partition coefficient (Wildman–Crippen LogP) is 1.23. The van der Waals surface area contributed by atoms with Gasteiger partial charge in [-0.1, -0.05) is 18.3 Å². The van der Waals surface area contributed by atoms with Gasteiger partial charge < -0.3 is 15.3 Å². The number of Topliss-reactive ketones (excluding diaryl/α,β-unsaturated/α-hetero) is 1. The molecular formula is C18H25F2N3O3S. The Morgan fingerprint density at radius 2 is 1.89 bits per heavy atom. The minimum absolute atomic E-state index is 0.123. The van der Waals surface area contributed by atoms with Crippen molar-refractivity contribution < 1.29 is 23.5 Å². The molecule has 4 rings (SSSR count). The summed E-state index contributed by atoms with van der Waals surface area (Å²) >= 11 is 1.19. The van der Waals surface area contributed by atoms with Crippen molar-refractivity contribution in [3.63, 3.8) is 0 Å². The average Bonchev–Trinajstić information content (AvgIpc) is 2.54. The second-order valence-corrected chi connectivity index (χ2v) is 9.42. The fourth-order valence-corrected chi connectivity index (χ4v) is 6.59. The first-order valence-corrected chi connectivity index (χ1v) is 10.3. The summed E-state index contributed by atoms with van der Waals surface area (Å²) in [5.41, 5.74) is 0. The third-order valence-corrected chi connectivity index (χ3v) is 7.51. The molecule has 0 radical (unpaired) electrons. The van der Waals surface area contributed by atoms with Gasteiger partial charge >= 0.3 is 5.97 Å². The Morgan fingerprint density at radius 1 is 1.26 bits per heavy atom. The zero-order valence-corrected chi connectivity index (χ0v) is 16.2. The van der Waals surface area contributed by atoms with Gasteiger partial charge in [0.15, 0.2) is 5.78 Å². The number of hydrogen-bond acceptors (Lipinski definition) is 6. The lowest BCUT2D eigenvalue weighted by Crippen LogP contribution is -2.73. The van der Waals surface area contributed by atoms with Crippen LogP contribution in [0.5, 0.6) is 0 Å². The second kappa shape index (κ2) is 6.70. The number of carboxylic acids is 1. The van der Waals surface area contributed by atoms with E-state index in [1.165, 1.54) is 11.8 Å². The highest BCUT2D eigenvalue weighted by atomic mass is 32.2. The van der Waals surface area contributed by atoms with Crippen LogP contribution in [0.25, 0.3) is 0 Å². The molecule has 1 aliphatic carbocycles. The normalized spacial score (nSPS) is 47.9. The monoisotopic (exact) mass is 401 g/mol. The van der Waals surface area contributed by atoms with Gasteiger partial charge in [-0.15, -0.1) is 0 Å². The van der Waals surface area contributed by atoms with Crippen LogP contribution < -0.4 is 5.32 Å². The summed E-state index contributed by atoms with van der Waals surface area (Å²) in [7, 11) is 0. The molecule has 0 aromatic carbocycles. The van der Waals surface area contributed by atoms with Gasteiger partial charge in [-0.05, 0) is 20.3 Å². The predicted molar refractivity (Wildman–Crippen MR) is 97.6 cm³/mol. The minimum atomic E-state index is -1.57. The number of piperidine rings is 1. The van der Waals surface area contributed by atoms with Crippen molar-refractivity contribution in [2.75, 3.05) is 13.1 Å². The van der Waals surface area contributed by atoms with Crippen LogP contribution in [-0.2, 0) is 9.59 Å². The van der Waals surface area contributed by atoms with Crippen molar-refractivity contribution in [2.45, 2.75) is 62.2 Å². The third-order valence-electron chi connectivity index (χ3n) is 6.29. The molecule has 9 unspecified atom stereocenters. The van der Waals surface area contributed by atoms with Gasteiger partial charge in [0.05, 0.1) is 17.1 Å². The van der Waals surface area contributed by atoms with Gasteiger partial charge in [-0.25, -0.2) is 8.78 Å². The lowest BCUT2D eigenvalue weighted by atomic mass is 9.70. The number of nitrogens with one attached hydrogen (secondary N) is 1. The molecule has 150 valence electrons. The first kappa shape index (κ1) is 19.1. The zero-order chi connectivity index (χ0) is 19.6. The number of fused-ring (bicyclic) bond motifs is 3. The first-order valence-electron chi connectivity index (χ1n) is 9.39. The molecule has 4 fully saturated rings. The minimum Gasteiger partial charge on any atom is -0.481 e. The van der Waals surface area contributed by atoms with Crippen molar-refractivity contribution >= 4 is 23.5 Å². The maximum Gasteiger partial charge on any atom is 0.317 e. The van der Waals surface area contributed by atoms with E-state index in [9.17, 15) is 14.7 Å². The highest BCUT2D eigenvalue weighted by Crippen LogP contribution is 2.54. The molecule has 3 aliphatic heterocycles.